The van der Waals surface area contributed by atoms with Gasteiger partial charge in [-0.2, -0.15) is 0 Å². The zero-order chi connectivity index (χ0) is 7.56. The van der Waals surface area contributed by atoms with Gasteiger partial charge in [-0.05, 0) is 18.2 Å². The molecule has 4 heteroatoms. The molecule has 0 heterocycles. The van der Waals surface area contributed by atoms with Crippen LogP contribution >= 0.6 is 0 Å². The summed E-state index contributed by atoms with van der Waals surface area (Å²) in [5, 5.41) is 8.45. The van der Waals surface area contributed by atoms with Crippen LogP contribution in [-0.4, -0.2) is 40.6 Å². The van der Waals surface area contributed by atoms with Gasteiger partial charge in [0.15, 0.2) is 0 Å². The summed E-state index contributed by atoms with van der Waals surface area (Å²) < 4.78 is 0. The number of carbonyl (C=O) groups is 1. The van der Waals surface area contributed by atoms with Gasteiger partial charge in [-0.3, -0.25) is 0 Å². The van der Waals surface area contributed by atoms with Crippen molar-refractivity contribution in [2.45, 2.75) is 0 Å². The summed E-state index contributed by atoms with van der Waals surface area (Å²) in [4.78, 5) is 10.3. The number of hydrogen-bond donors (Lipinski definition) is 2. The fourth-order valence-corrected chi connectivity index (χ4v) is 0.672. The van der Waals surface area contributed by atoms with Crippen LogP contribution in [0.15, 0.2) is 24.3 Å². The molecule has 11 heavy (non-hydrogen) atoms. The molecule has 0 saturated carbocycles. The molecule has 0 unspecified atom stereocenters. The van der Waals surface area contributed by atoms with Gasteiger partial charge in [0, 0.05) is 5.69 Å². The Morgan fingerprint density at radius 3 is 2.45 bits per heavy atom. The molecule has 3 N–H and O–H groups in total. The Labute approximate surface area is 86.5 Å². The monoisotopic (exact) mass is 161 g/mol. The maximum absolute atomic E-state index is 10.3. The molecule has 0 atom stereocenters. The zero-order valence-electron chi connectivity index (χ0n) is 5.24. The van der Waals surface area contributed by atoms with E-state index in [0.29, 0.717) is 5.69 Å². The van der Waals surface area contributed by atoms with Crippen molar-refractivity contribution in [3.63, 3.8) is 0 Å². The van der Waals surface area contributed by atoms with Crippen LogP contribution in [0.2, 0.25) is 0 Å². The average Bonchev–Trinajstić information content (AvgIpc) is 1.88. The molecule has 54 valence electrons. The molecule has 3 nitrogen and oxygen atoms in total. The van der Waals surface area contributed by atoms with E-state index in [1.165, 1.54) is 12.1 Å². The molecule has 0 aromatic heterocycles. The fourth-order valence-electron chi connectivity index (χ4n) is 0.672. The first-order valence-electron chi connectivity index (χ1n) is 2.79. The van der Waals surface area contributed by atoms with Gasteiger partial charge in [0.1, 0.15) is 0 Å². The predicted molar refractivity (Wildman–Crippen MR) is 45.0 cm³/mol. The van der Waals surface area contributed by atoms with E-state index in [1.54, 1.807) is 12.1 Å². The molecule has 0 saturated heterocycles. The van der Waals surface area contributed by atoms with Gasteiger partial charge in [-0.15, -0.1) is 0 Å². The first kappa shape index (κ1) is 10.5. The van der Waals surface area contributed by atoms with Crippen molar-refractivity contribution < 1.29 is 9.90 Å². The van der Waals surface area contributed by atoms with Gasteiger partial charge >= 0.3 is 35.5 Å². The molecular formula is C7H8NNaO2. The van der Waals surface area contributed by atoms with E-state index < -0.39 is 5.97 Å². The van der Waals surface area contributed by atoms with Gasteiger partial charge in [-0.1, -0.05) is 6.07 Å². The second kappa shape index (κ2) is 4.38. The third-order valence-corrected chi connectivity index (χ3v) is 1.13. The summed E-state index contributed by atoms with van der Waals surface area (Å²) in [6, 6.07) is 6.17. The van der Waals surface area contributed by atoms with E-state index in [2.05, 4.69) is 0 Å². The molecule has 0 fully saturated rings. The number of rotatable bonds is 1. The van der Waals surface area contributed by atoms with E-state index in [9.17, 15) is 4.79 Å². The normalized spacial score (nSPS) is 8.36. The van der Waals surface area contributed by atoms with Crippen molar-refractivity contribution >= 4 is 41.2 Å². The summed E-state index contributed by atoms with van der Waals surface area (Å²) in [7, 11) is 0. The molecular weight excluding hydrogens is 153 g/mol. The molecule has 0 bridgehead atoms. The summed E-state index contributed by atoms with van der Waals surface area (Å²) in [5.74, 6) is -0.952. The quantitative estimate of drug-likeness (QED) is 0.460. The maximum atomic E-state index is 10.3. The Hall–Kier alpha value is -0.510. The molecule has 0 radical (unpaired) electrons. The number of carboxylic acid groups (broad SMARTS) is 1. The molecule has 0 aliphatic heterocycles. The number of nitrogens with two attached hydrogens (primary N) is 1. The third kappa shape index (κ3) is 2.93. The van der Waals surface area contributed by atoms with Crippen LogP contribution in [0.3, 0.4) is 0 Å². The van der Waals surface area contributed by atoms with Crippen molar-refractivity contribution in [2.75, 3.05) is 5.73 Å². The van der Waals surface area contributed by atoms with Crippen molar-refractivity contribution in [3.8, 4) is 0 Å². The molecule has 0 spiro atoms. The zero-order valence-corrected chi connectivity index (χ0v) is 5.24. The van der Waals surface area contributed by atoms with Crippen molar-refractivity contribution in [3.05, 3.63) is 29.8 Å². The Morgan fingerprint density at radius 2 is 2.09 bits per heavy atom. The fraction of sp³-hybridized carbons (Fsp3) is 0. The minimum atomic E-state index is -0.952. The van der Waals surface area contributed by atoms with Crippen molar-refractivity contribution in [2.24, 2.45) is 0 Å². The van der Waals surface area contributed by atoms with Crippen LogP contribution in [0.1, 0.15) is 10.4 Å². The predicted octanol–water partition coefficient (Wildman–Crippen LogP) is 0.319. The Morgan fingerprint density at radius 1 is 1.45 bits per heavy atom. The number of carboxylic acids is 1. The van der Waals surface area contributed by atoms with Crippen LogP contribution in [0.5, 0.6) is 0 Å². The first-order chi connectivity index (χ1) is 4.70. The van der Waals surface area contributed by atoms with Gasteiger partial charge < -0.3 is 10.8 Å². The molecule has 1 rings (SSSR count). The molecule has 0 aliphatic rings. The SMILES string of the molecule is Nc1cccc(C(=O)O)c1.[NaH]. The Bertz CT molecular complexity index is 262. The third-order valence-electron chi connectivity index (χ3n) is 1.13. The number of aromatic carboxylic acids is 1. The van der Waals surface area contributed by atoms with Crippen molar-refractivity contribution in [1.82, 2.24) is 0 Å². The van der Waals surface area contributed by atoms with Crippen LogP contribution < -0.4 is 5.73 Å². The number of anilines is 1. The van der Waals surface area contributed by atoms with Crippen LogP contribution in [0.25, 0.3) is 0 Å². The van der Waals surface area contributed by atoms with E-state index in [-0.39, 0.29) is 35.1 Å². The molecule has 1 aromatic rings. The summed E-state index contributed by atoms with van der Waals surface area (Å²) >= 11 is 0. The van der Waals surface area contributed by atoms with Crippen LogP contribution in [0.4, 0.5) is 5.69 Å². The van der Waals surface area contributed by atoms with Crippen LogP contribution in [-0.2, 0) is 0 Å². The van der Waals surface area contributed by atoms with Crippen molar-refractivity contribution in [1.29, 1.82) is 0 Å². The van der Waals surface area contributed by atoms with Gasteiger partial charge in [-0.25, -0.2) is 4.79 Å². The molecule has 1 aromatic carbocycles. The molecule has 0 aliphatic carbocycles. The topological polar surface area (TPSA) is 63.3 Å². The summed E-state index contributed by atoms with van der Waals surface area (Å²) in [6.07, 6.45) is 0. The van der Waals surface area contributed by atoms with Crippen LogP contribution in [0, 0.1) is 0 Å². The Balaban J connectivity index is 0.000001000. The minimum absolute atomic E-state index is 0. The number of nitrogen functional groups attached to an aromatic ring is 1. The number of hydrogen-bond acceptors (Lipinski definition) is 2. The summed E-state index contributed by atoms with van der Waals surface area (Å²) in [5.41, 5.74) is 6.03. The summed E-state index contributed by atoms with van der Waals surface area (Å²) in [6.45, 7) is 0. The van der Waals surface area contributed by atoms with E-state index in [1.807, 2.05) is 0 Å². The van der Waals surface area contributed by atoms with E-state index in [0.717, 1.165) is 0 Å². The standard InChI is InChI=1S/C7H7NO2.Na.H/c8-6-3-1-2-5(4-6)7(9)10;;/h1-4H,8H2,(H,9,10);;. The average molecular weight is 161 g/mol. The van der Waals surface area contributed by atoms with E-state index in [4.69, 9.17) is 10.8 Å². The first-order valence-corrected chi connectivity index (χ1v) is 2.79. The van der Waals surface area contributed by atoms with Gasteiger partial charge in [0.2, 0.25) is 0 Å². The number of benzene rings is 1. The van der Waals surface area contributed by atoms with Gasteiger partial charge in [0.25, 0.3) is 0 Å². The van der Waals surface area contributed by atoms with Gasteiger partial charge in [0.05, 0.1) is 5.56 Å². The Kier molecular flexibility index (Phi) is 4.18. The second-order valence-corrected chi connectivity index (χ2v) is 1.93. The second-order valence-electron chi connectivity index (χ2n) is 1.93. The van der Waals surface area contributed by atoms with E-state index >= 15 is 0 Å². The molecule has 0 amide bonds.